The average Bonchev–Trinajstić information content (AvgIpc) is 2.38. The van der Waals surface area contributed by atoms with E-state index >= 15 is 0 Å². The molecule has 0 unspecified atom stereocenters. The van der Waals surface area contributed by atoms with E-state index in [0.29, 0.717) is 5.84 Å². The summed E-state index contributed by atoms with van der Waals surface area (Å²) in [5, 5.41) is 11.4. The average molecular weight is 317 g/mol. The van der Waals surface area contributed by atoms with Crippen LogP contribution in [0.1, 0.15) is 23.7 Å². The molecule has 0 saturated heterocycles. The maximum Gasteiger partial charge on any atom is 0.129 e. The fourth-order valence-corrected chi connectivity index (χ4v) is 2.83. The van der Waals surface area contributed by atoms with Crippen molar-refractivity contribution in [1.29, 1.82) is 5.41 Å². The van der Waals surface area contributed by atoms with Crippen LogP contribution in [0.15, 0.2) is 41.3 Å². The van der Waals surface area contributed by atoms with Crippen LogP contribution in [0, 0.1) is 5.41 Å². The van der Waals surface area contributed by atoms with Crippen molar-refractivity contribution in [1.82, 2.24) is 15.3 Å². The lowest BCUT2D eigenvalue weighted by atomic mass is 9.83. The van der Waals surface area contributed by atoms with E-state index in [2.05, 4.69) is 50.3 Å². The molecular formula is C14H13BrN4. The van der Waals surface area contributed by atoms with Gasteiger partial charge in [0.15, 0.2) is 0 Å². The Bertz CT molecular complexity index is 655. The van der Waals surface area contributed by atoms with Crippen molar-refractivity contribution in [3.63, 3.8) is 0 Å². The third kappa shape index (κ3) is 2.14. The highest BCUT2D eigenvalue weighted by atomic mass is 79.9. The van der Waals surface area contributed by atoms with Crippen molar-refractivity contribution in [2.24, 2.45) is 0 Å². The number of nitrogens with zero attached hydrogens (tertiary/aromatic N) is 2. The molecule has 4 nitrogen and oxygen atoms in total. The Balaban J connectivity index is 2.06. The van der Waals surface area contributed by atoms with Gasteiger partial charge in [0.2, 0.25) is 0 Å². The third-order valence-electron chi connectivity index (χ3n) is 3.45. The molecule has 96 valence electrons. The first-order valence-electron chi connectivity index (χ1n) is 6.00. The van der Waals surface area contributed by atoms with Gasteiger partial charge in [-0.1, -0.05) is 28.1 Å². The van der Waals surface area contributed by atoms with Gasteiger partial charge in [0.05, 0.1) is 16.8 Å². The van der Waals surface area contributed by atoms with Crippen LogP contribution in [-0.4, -0.2) is 15.8 Å². The summed E-state index contributed by atoms with van der Waals surface area (Å²) in [4.78, 5) is 8.29. The molecule has 0 fully saturated rings. The van der Waals surface area contributed by atoms with E-state index in [-0.39, 0.29) is 5.54 Å². The molecule has 0 radical (unpaired) electrons. The van der Waals surface area contributed by atoms with E-state index in [9.17, 15) is 0 Å². The Morgan fingerprint density at radius 2 is 2.26 bits per heavy atom. The molecule has 2 N–H and O–H groups in total. The van der Waals surface area contributed by atoms with Crippen LogP contribution in [0.4, 0.5) is 0 Å². The monoisotopic (exact) mass is 316 g/mol. The fraction of sp³-hybridized carbons (Fsp3) is 0.214. The van der Waals surface area contributed by atoms with Gasteiger partial charge in [0.1, 0.15) is 12.2 Å². The summed E-state index contributed by atoms with van der Waals surface area (Å²) in [6.45, 7) is 2.09. The zero-order valence-corrected chi connectivity index (χ0v) is 12.0. The van der Waals surface area contributed by atoms with Crippen LogP contribution in [0.25, 0.3) is 0 Å². The van der Waals surface area contributed by atoms with Crippen molar-refractivity contribution in [3.05, 3.63) is 58.1 Å². The largest absolute Gasteiger partial charge is 0.360 e. The first-order valence-corrected chi connectivity index (χ1v) is 6.80. The molecule has 1 aliphatic heterocycles. The number of rotatable bonds is 1. The number of aromatic nitrogens is 2. The van der Waals surface area contributed by atoms with Crippen LogP contribution in [0.2, 0.25) is 0 Å². The van der Waals surface area contributed by atoms with Crippen LogP contribution >= 0.6 is 15.9 Å². The van der Waals surface area contributed by atoms with E-state index in [0.717, 1.165) is 27.7 Å². The molecule has 2 aromatic rings. The summed E-state index contributed by atoms with van der Waals surface area (Å²) >= 11 is 3.49. The van der Waals surface area contributed by atoms with Crippen LogP contribution < -0.4 is 5.32 Å². The zero-order valence-electron chi connectivity index (χ0n) is 10.4. The Morgan fingerprint density at radius 1 is 1.42 bits per heavy atom. The molecule has 2 heterocycles. The van der Waals surface area contributed by atoms with Crippen molar-refractivity contribution in [2.75, 3.05) is 0 Å². The number of hydrogen-bond donors (Lipinski definition) is 2. The number of nitrogens with one attached hydrogen (secondary N) is 2. The predicted molar refractivity (Wildman–Crippen MR) is 77.2 cm³/mol. The Kier molecular flexibility index (Phi) is 2.86. The minimum absolute atomic E-state index is 0.317. The van der Waals surface area contributed by atoms with E-state index < -0.39 is 0 Å². The maximum absolute atomic E-state index is 8.13. The van der Waals surface area contributed by atoms with Crippen LogP contribution in [0.3, 0.4) is 0 Å². The highest BCUT2D eigenvalue weighted by Gasteiger charge is 2.34. The zero-order chi connectivity index (χ0) is 13.5. The van der Waals surface area contributed by atoms with Gasteiger partial charge in [0, 0.05) is 17.1 Å². The van der Waals surface area contributed by atoms with Gasteiger partial charge in [0.25, 0.3) is 0 Å². The Labute approximate surface area is 119 Å². The second-order valence-electron chi connectivity index (χ2n) is 4.90. The molecule has 1 aliphatic rings. The first-order chi connectivity index (χ1) is 9.08. The molecule has 0 bridgehead atoms. The summed E-state index contributed by atoms with van der Waals surface area (Å²) < 4.78 is 1.04. The van der Waals surface area contributed by atoms with Gasteiger partial charge in [-0.25, -0.2) is 9.97 Å². The van der Waals surface area contributed by atoms with E-state index in [1.807, 2.05) is 12.1 Å². The lowest BCUT2D eigenvalue weighted by Gasteiger charge is -2.36. The third-order valence-corrected chi connectivity index (χ3v) is 3.94. The maximum atomic E-state index is 8.13. The lowest BCUT2D eigenvalue weighted by Crippen LogP contribution is -2.49. The Morgan fingerprint density at radius 3 is 3.05 bits per heavy atom. The second kappa shape index (κ2) is 4.42. The molecule has 1 aromatic heterocycles. The molecule has 0 spiro atoms. The molecule has 0 aliphatic carbocycles. The van der Waals surface area contributed by atoms with E-state index in [1.165, 1.54) is 0 Å². The number of hydrogen-bond acceptors (Lipinski definition) is 3. The smallest absolute Gasteiger partial charge is 0.129 e. The molecule has 1 aromatic carbocycles. The standard InChI is InChI=1S/C14H13BrN4/c1-14(9-3-2-4-10(15)5-9)6-12-11(13(16)19-14)7-17-8-18-12/h2-5,7-8H,6H2,1H3,(H2,16,19)/t14-/m0/s1. The number of benzene rings is 1. The second-order valence-corrected chi connectivity index (χ2v) is 5.82. The summed E-state index contributed by atoms with van der Waals surface area (Å²) in [5.41, 5.74) is 2.52. The van der Waals surface area contributed by atoms with Gasteiger partial charge < -0.3 is 5.32 Å². The molecule has 0 saturated carbocycles. The van der Waals surface area contributed by atoms with Gasteiger partial charge >= 0.3 is 0 Å². The predicted octanol–water partition coefficient (Wildman–Crippen LogP) is 2.63. The molecular weight excluding hydrogens is 304 g/mol. The van der Waals surface area contributed by atoms with E-state index in [1.54, 1.807) is 12.5 Å². The van der Waals surface area contributed by atoms with Crippen molar-refractivity contribution in [3.8, 4) is 0 Å². The van der Waals surface area contributed by atoms with E-state index in [4.69, 9.17) is 5.41 Å². The minimum Gasteiger partial charge on any atom is -0.360 e. The first kappa shape index (κ1) is 12.3. The van der Waals surface area contributed by atoms with Crippen molar-refractivity contribution >= 4 is 21.8 Å². The number of fused-ring (bicyclic) bond motifs is 1. The number of amidine groups is 1. The molecule has 0 amide bonds. The summed E-state index contributed by atoms with van der Waals surface area (Å²) in [6, 6.07) is 8.15. The highest BCUT2D eigenvalue weighted by Crippen LogP contribution is 2.31. The fourth-order valence-electron chi connectivity index (χ4n) is 2.43. The van der Waals surface area contributed by atoms with Gasteiger partial charge in [-0.3, -0.25) is 5.41 Å². The minimum atomic E-state index is -0.317. The number of halogens is 1. The summed E-state index contributed by atoms with van der Waals surface area (Å²) in [6.07, 6.45) is 3.97. The highest BCUT2D eigenvalue weighted by molar-refractivity contribution is 9.10. The summed E-state index contributed by atoms with van der Waals surface area (Å²) in [7, 11) is 0. The van der Waals surface area contributed by atoms with Gasteiger partial charge in [-0.05, 0) is 24.6 Å². The normalized spacial score (nSPS) is 21.7. The van der Waals surface area contributed by atoms with Crippen molar-refractivity contribution < 1.29 is 0 Å². The van der Waals surface area contributed by atoms with Crippen LogP contribution in [-0.2, 0) is 12.0 Å². The lowest BCUT2D eigenvalue weighted by molar-refractivity contribution is 0.415. The Hall–Kier alpha value is -1.75. The van der Waals surface area contributed by atoms with Crippen molar-refractivity contribution in [2.45, 2.75) is 18.9 Å². The van der Waals surface area contributed by atoms with Crippen LogP contribution in [0.5, 0.6) is 0 Å². The molecule has 5 heteroatoms. The quantitative estimate of drug-likeness (QED) is 0.850. The molecule has 3 rings (SSSR count). The summed E-state index contributed by atoms with van der Waals surface area (Å²) in [5.74, 6) is 0.379. The van der Waals surface area contributed by atoms with Gasteiger partial charge in [-0.15, -0.1) is 0 Å². The topological polar surface area (TPSA) is 61.7 Å². The molecule has 19 heavy (non-hydrogen) atoms. The SMILES string of the molecule is C[C@@]1(c2cccc(Br)c2)Cc2ncncc2C(=N)N1. The molecule has 1 atom stereocenters. The van der Waals surface area contributed by atoms with Gasteiger partial charge in [-0.2, -0.15) is 0 Å².